The molecule has 0 amide bonds. The molecule has 0 atom stereocenters. The highest BCUT2D eigenvalue weighted by atomic mass is 79.9. The first-order chi connectivity index (χ1) is 10.1. The van der Waals surface area contributed by atoms with E-state index in [0.717, 1.165) is 32.1 Å². The van der Waals surface area contributed by atoms with Crippen LogP contribution in [0.25, 0.3) is 11.4 Å². The summed E-state index contributed by atoms with van der Waals surface area (Å²) in [5.41, 5.74) is 8.55. The average Bonchev–Trinajstić information content (AvgIpc) is 2.91. The topological polar surface area (TPSA) is 43.8 Å². The molecule has 106 valence electrons. The van der Waals surface area contributed by atoms with Crippen molar-refractivity contribution < 1.29 is 0 Å². The van der Waals surface area contributed by atoms with Gasteiger partial charge in [-0.1, -0.05) is 33.6 Å². The fourth-order valence-electron chi connectivity index (χ4n) is 2.16. The van der Waals surface area contributed by atoms with Gasteiger partial charge in [-0.25, -0.2) is 4.98 Å². The highest BCUT2D eigenvalue weighted by molar-refractivity contribution is 9.10. The molecular weight excluding hydrogens is 350 g/mol. The number of aromatic nitrogens is 2. The summed E-state index contributed by atoms with van der Waals surface area (Å²) in [5.74, 6) is 0.897. The van der Waals surface area contributed by atoms with E-state index in [9.17, 15) is 0 Å². The molecule has 0 radical (unpaired) electrons. The van der Waals surface area contributed by atoms with E-state index >= 15 is 0 Å². The number of anilines is 1. The second-order valence-electron chi connectivity index (χ2n) is 4.74. The molecule has 0 aliphatic heterocycles. The van der Waals surface area contributed by atoms with Gasteiger partial charge in [-0.05, 0) is 42.0 Å². The van der Waals surface area contributed by atoms with E-state index in [1.165, 1.54) is 0 Å². The Labute approximate surface area is 136 Å². The lowest BCUT2D eigenvalue weighted by molar-refractivity contribution is 0.807. The molecule has 1 heterocycles. The van der Waals surface area contributed by atoms with E-state index in [2.05, 4.69) is 25.5 Å². The van der Waals surface area contributed by atoms with Crippen LogP contribution >= 0.6 is 27.5 Å². The number of hydrogen-bond acceptors (Lipinski definition) is 2. The molecule has 0 aliphatic carbocycles. The first kappa shape index (κ1) is 14.2. The van der Waals surface area contributed by atoms with Crippen molar-refractivity contribution in [2.75, 3.05) is 5.73 Å². The highest BCUT2D eigenvalue weighted by Crippen LogP contribution is 2.25. The van der Waals surface area contributed by atoms with Crippen LogP contribution in [0.15, 0.2) is 59.3 Å². The Morgan fingerprint density at radius 3 is 2.62 bits per heavy atom. The molecule has 3 aromatic rings. The Morgan fingerprint density at radius 2 is 1.90 bits per heavy atom. The molecule has 0 saturated heterocycles. The van der Waals surface area contributed by atoms with Crippen molar-refractivity contribution in [1.82, 2.24) is 9.55 Å². The van der Waals surface area contributed by atoms with Gasteiger partial charge in [0.15, 0.2) is 0 Å². The van der Waals surface area contributed by atoms with Gasteiger partial charge in [0.1, 0.15) is 5.82 Å². The molecule has 0 bridgehead atoms. The molecule has 5 heteroatoms. The van der Waals surface area contributed by atoms with Crippen molar-refractivity contribution in [2.45, 2.75) is 6.54 Å². The largest absolute Gasteiger partial charge is 0.399 e. The first-order valence-electron chi connectivity index (χ1n) is 6.44. The van der Waals surface area contributed by atoms with Gasteiger partial charge in [0.05, 0.1) is 6.54 Å². The van der Waals surface area contributed by atoms with Crippen molar-refractivity contribution in [2.24, 2.45) is 0 Å². The van der Waals surface area contributed by atoms with E-state index < -0.39 is 0 Å². The maximum atomic E-state index is 6.29. The second-order valence-corrected chi connectivity index (χ2v) is 6.06. The van der Waals surface area contributed by atoms with Crippen LogP contribution in [0.3, 0.4) is 0 Å². The molecular formula is C16H13BrClN3. The van der Waals surface area contributed by atoms with Gasteiger partial charge in [-0.3, -0.25) is 0 Å². The Kier molecular flexibility index (Phi) is 3.99. The molecule has 3 rings (SSSR count). The molecule has 0 spiro atoms. The molecule has 0 unspecified atom stereocenters. The second kappa shape index (κ2) is 5.92. The third-order valence-corrected chi connectivity index (χ3v) is 4.09. The third kappa shape index (κ3) is 3.12. The van der Waals surface area contributed by atoms with Crippen molar-refractivity contribution in [3.8, 4) is 11.4 Å². The number of nitrogen functional groups attached to an aromatic ring is 1. The van der Waals surface area contributed by atoms with Gasteiger partial charge in [-0.15, -0.1) is 0 Å². The molecule has 0 saturated carbocycles. The van der Waals surface area contributed by atoms with Gasteiger partial charge < -0.3 is 10.3 Å². The number of halogens is 2. The van der Waals surface area contributed by atoms with E-state index in [1.807, 2.05) is 48.7 Å². The van der Waals surface area contributed by atoms with Crippen LogP contribution in [0.5, 0.6) is 0 Å². The predicted molar refractivity (Wildman–Crippen MR) is 90.3 cm³/mol. The quantitative estimate of drug-likeness (QED) is 0.692. The van der Waals surface area contributed by atoms with Gasteiger partial charge in [-0.2, -0.15) is 0 Å². The first-order valence-corrected chi connectivity index (χ1v) is 7.61. The van der Waals surface area contributed by atoms with E-state index in [0.29, 0.717) is 6.54 Å². The van der Waals surface area contributed by atoms with Crippen molar-refractivity contribution >= 4 is 33.2 Å². The summed E-state index contributed by atoms with van der Waals surface area (Å²) >= 11 is 9.70. The van der Waals surface area contributed by atoms with E-state index in [1.54, 1.807) is 6.20 Å². The maximum Gasteiger partial charge on any atom is 0.140 e. The van der Waals surface area contributed by atoms with Crippen molar-refractivity contribution in [1.29, 1.82) is 0 Å². The molecule has 2 aromatic carbocycles. The minimum Gasteiger partial charge on any atom is -0.399 e. The SMILES string of the molecule is Nc1ccc(-c2nccn2Cc2ccc(Br)cc2Cl)cc1. The third-order valence-electron chi connectivity index (χ3n) is 3.24. The number of imidazole rings is 1. The van der Waals surface area contributed by atoms with Crippen LogP contribution in [0.1, 0.15) is 5.56 Å². The van der Waals surface area contributed by atoms with Crippen LogP contribution in [-0.4, -0.2) is 9.55 Å². The predicted octanol–water partition coefficient (Wildman–Crippen LogP) is 4.60. The molecule has 3 nitrogen and oxygen atoms in total. The van der Waals surface area contributed by atoms with Gasteiger partial charge >= 0.3 is 0 Å². The standard InChI is InChI=1S/C16H13BrClN3/c17-13-4-1-12(15(18)9-13)10-21-8-7-20-16(21)11-2-5-14(19)6-3-11/h1-9H,10,19H2. The van der Waals surface area contributed by atoms with Crippen LogP contribution in [0.4, 0.5) is 5.69 Å². The summed E-state index contributed by atoms with van der Waals surface area (Å²) in [6.45, 7) is 0.672. The molecule has 2 N–H and O–H groups in total. The lowest BCUT2D eigenvalue weighted by Crippen LogP contribution is -2.01. The highest BCUT2D eigenvalue weighted by Gasteiger charge is 2.08. The zero-order valence-electron chi connectivity index (χ0n) is 11.1. The number of rotatable bonds is 3. The van der Waals surface area contributed by atoms with E-state index in [-0.39, 0.29) is 0 Å². The molecule has 1 aromatic heterocycles. The lowest BCUT2D eigenvalue weighted by atomic mass is 10.2. The fourth-order valence-corrected chi connectivity index (χ4v) is 2.90. The molecule has 0 fully saturated rings. The number of nitrogens with zero attached hydrogens (tertiary/aromatic N) is 2. The van der Waals surface area contributed by atoms with E-state index in [4.69, 9.17) is 17.3 Å². The zero-order valence-corrected chi connectivity index (χ0v) is 13.5. The molecule has 21 heavy (non-hydrogen) atoms. The number of hydrogen-bond donors (Lipinski definition) is 1. The summed E-state index contributed by atoms with van der Waals surface area (Å²) in [6.07, 6.45) is 3.74. The minimum absolute atomic E-state index is 0.672. The van der Waals surface area contributed by atoms with Gasteiger partial charge in [0.2, 0.25) is 0 Å². The Balaban J connectivity index is 1.94. The summed E-state index contributed by atoms with van der Waals surface area (Å²) in [4.78, 5) is 4.43. The Bertz CT molecular complexity index is 765. The Morgan fingerprint density at radius 1 is 1.14 bits per heavy atom. The fraction of sp³-hybridized carbons (Fsp3) is 0.0625. The van der Waals surface area contributed by atoms with Crippen molar-refractivity contribution in [3.63, 3.8) is 0 Å². The lowest BCUT2D eigenvalue weighted by Gasteiger charge is -2.10. The maximum absolute atomic E-state index is 6.29. The zero-order chi connectivity index (χ0) is 14.8. The normalized spacial score (nSPS) is 10.8. The number of nitrogens with two attached hydrogens (primary N) is 1. The summed E-state index contributed by atoms with van der Waals surface area (Å²) in [5, 5.41) is 0.737. The average molecular weight is 363 g/mol. The van der Waals surface area contributed by atoms with Crippen LogP contribution in [0.2, 0.25) is 5.02 Å². The minimum atomic E-state index is 0.672. The molecule has 0 aliphatic rings. The van der Waals surface area contributed by atoms with Crippen LogP contribution < -0.4 is 5.73 Å². The van der Waals surface area contributed by atoms with Gasteiger partial charge in [0, 0.05) is 33.1 Å². The smallest absolute Gasteiger partial charge is 0.140 e. The van der Waals surface area contributed by atoms with Crippen molar-refractivity contribution in [3.05, 3.63) is 69.9 Å². The monoisotopic (exact) mass is 361 g/mol. The summed E-state index contributed by atoms with van der Waals surface area (Å²) < 4.78 is 3.04. The summed E-state index contributed by atoms with van der Waals surface area (Å²) in [6, 6.07) is 13.6. The number of benzene rings is 2. The Hall–Kier alpha value is -1.78. The van der Waals surface area contributed by atoms with Crippen LogP contribution in [-0.2, 0) is 6.54 Å². The van der Waals surface area contributed by atoms with Gasteiger partial charge in [0.25, 0.3) is 0 Å². The van der Waals surface area contributed by atoms with Crippen LogP contribution in [0, 0.1) is 0 Å². The summed E-state index contributed by atoms with van der Waals surface area (Å²) in [7, 11) is 0.